The Morgan fingerprint density at radius 2 is 2.06 bits per heavy atom. The molecule has 2 rings (SSSR count). The molecule has 0 bridgehead atoms. The highest BCUT2D eigenvalue weighted by atomic mass is 16.1. The van der Waals surface area contributed by atoms with Crippen LogP contribution in [-0.2, 0) is 0 Å². The van der Waals surface area contributed by atoms with Gasteiger partial charge in [0, 0.05) is 5.54 Å². The number of carbonyl (C=O) groups excluding carboxylic acids is 1. The molecule has 0 atom stereocenters. The van der Waals surface area contributed by atoms with Gasteiger partial charge < -0.3 is 16.8 Å². The van der Waals surface area contributed by atoms with Crippen molar-refractivity contribution in [3.05, 3.63) is 23.8 Å². The molecule has 0 spiro atoms. The van der Waals surface area contributed by atoms with Crippen LogP contribution in [0.25, 0.3) is 0 Å². The molecule has 17 heavy (non-hydrogen) atoms. The lowest BCUT2D eigenvalue weighted by Crippen LogP contribution is -2.33. The summed E-state index contributed by atoms with van der Waals surface area (Å²) in [6.07, 6.45) is 2.49. The first kappa shape index (κ1) is 11.8. The lowest BCUT2D eigenvalue weighted by molar-refractivity contribution is 0.100. The second-order valence-electron chi connectivity index (χ2n) is 5.25. The fourth-order valence-electron chi connectivity index (χ4n) is 2.14. The monoisotopic (exact) mass is 233 g/mol. The average Bonchev–Trinajstić information content (AvgIpc) is 3.03. The highest BCUT2D eigenvalue weighted by Crippen LogP contribution is 2.41. The van der Waals surface area contributed by atoms with Crippen molar-refractivity contribution < 1.29 is 4.79 Å². The van der Waals surface area contributed by atoms with Crippen molar-refractivity contribution in [1.82, 2.24) is 0 Å². The van der Waals surface area contributed by atoms with Crippen LogP contribution in [0.2, 0.25) is 0 Å². The summed E-state index contributed by atoms with van der Waals surface area (Å²) >= 11 is 0. The number of amides is 1. The van der Waals surface area contributed by atoms with Gasteiger partial charge in [-0.1, -0.05) is 6.07 Å². The summed E-state index contributed by atoms with van der Waals surface area (Å²) in [5.74, 6) is 0.189. The second-order valence-corrected chi connectivity index (χ2v) is 5.25. The molecule has 1 fully saturated rings. The highest BCUT2D eigenvalue weighted by Gasteiger charge is 2.37. The summed E-state index contributed by atoms with van der Waals surface area (Å²) in [5.41, 5.74) is 12.8. The average molecular weight is 233 g/mol. The summed E-state index contributed by atoms with van der Waals surface area (Å²) in [6.45, 7) is 4.31. The number of hydrogen-bond acceptors (Lipinski definition) is 3. The first-order chi connectivity index (χ1) is 7.92. The van der Waals surface area contributed by atoms with E-state index in [1.54, 1.807) is 12.1 Å². The molecule has 0 unspecified atom stereocenters. The third kappa shape index (κ3) is 2.35. The van der Waals surface area contributed by atoms with Gasteiger partial charge in [0.15, 0.2) is 0 Å². The van der Waals surface area contributed by atoms with E-state index in [0.29, 0.717) is 17.2 Å². The SMILES string of the molecule is CC(C)(Nc1cccc(C(N)=O)c1N)C1CC1. The van der Waals surface area contributed by atoms with E-state index in [9.17, 15) is 4.79 Å². The molecule has 0 aromatic heterocycles. The molecule has 1 aliphatic carbocycles. The molecule has 1 aromatic carbocycles. The predicted molar refractivity (Wildman–Crippen MR) is 69.8 cm³/mol. The van der Waals surface area contributed by atoms with Crippen molar-refractivity contribution in [3.8, 4) is 0 Å². The van der Waals surface area contributed by atoms with Crippen molar-refractivity contribution in [1.29, 1.82) is 0 Å². The summed E-state index contributed by atoms with van der Waals surface area (Å²) in [6, 6.07) is 5.32. The van der Waals surface area contributed by atoms with E-state index >= 15 is 0 Å². The van der Waals surface area contributed by atoms with Crippen LogP contribution in [0.1, 0.15) is 37.0 Å². The topological polar surface area (TPSA) is 81.1 Å². The zero-order chi connectivity index (χ0) is 12.6. The predicted octanol–water partition coefficient (Wildman–Crippen LogP) is 1.97. The van der Waals surface area contributed by atoms with Crippen LogP contribution in [0, 0.1) is 5.92 Å². The molecule has 4 heteroatoms. The maximum Gasteiger partial charge on any atom is 0.250 e. The molecule has 0 radical (unpaired) electrons. The molecule has 1 aromatic rings. The Hall–Kier alpha value is -1.71. The molecule has 0 aliphatic heterocycles. The molecular formula is C13H19N3O. The van der Waals surface area contributed by atoms with E-state index < -0.39 is 5.91 Å². The second kappa shape index (κ2) is 3.95. The highest BCUT2D eigenvalue weighted by molar-refractivity contribution is 6.00. The zero-order valence-corrected chi connectivity index (χ0v) is 10.3. The molecule has 1 amide bonds. The van der Waals surface area contributed by atoms with Crippen molar-refractivity contribution in [2.45, 2.75) is 32.2 Å². The first-order valence-electron chi connectivity index (χ1n) is 5.88. The number of primary amides is 1. The van der Waals surface area contributed by atoms with E-state index in [4.69, 9.17) is 11.5 Å². The number of anilines is 2. The van der Waals surface area contributed by atoms with Crippen molar-refractivity contribution >= 4 is 17.3 Å². The maximum absolute atomic E-state index is 11.2. The molecule has 92 valence electrons. The largest absolute Gasteiger partial charge is 0.396 e. The van der Waals surface area contributed by atoms with E-state index in [-0.39, 0.29) is 5.54 Å². The van der Waals surface area contributed by atoms with Crippen molar-refractivity contribution in [3.63, 3.8) is 0 Å². The van der Waals surface area contributed by atoms with Gasteiger partial charge in [-0.15, -0.1) is 0 Å². The van der Waals surface area contributed by atoms with Gasteiger partial charge in [-0.2, -0.15) is 0 Å². The Bertz CT molecular complexity index is 450. The van der Waals surface area contributed by atoms with E-state index in [1.165, 1.54) is 12.8 Å². The third-order valence-electron chi connectivity index (χ3n) is 3.43. The maximum atomic E-state index is 11.2. The number of para-hydroxylation sites is 1. The van der Waals surface area contributed by atoms with Crippen LogP contribution in [0.4, 0.5) is 11.4 Å². The third-order valence-corrected chi connectivity index (χ3v) is 3.43. The van der Waals surface area contributed by atoms with Crippen molar-refractivity contribution in [2.24, 2.45) is 11.7 Å². The Kier molecular flexibility index (Phi) is 2.73. The van der Waals surface area contributed by atoms with Crippen LogP contribution < -0.4 is 16.8 Å². The van der Waals surface area contributed by atoms with Gasteiger partial charge in [0.05, 0.1) is 16.9 Å². The van der Waals surface area contributed by atoms with Gasteiger partial charge in [-0.05, 0) is 44.7 Å². The number of carbonyl (C=O) groups is 1. The Balaban J connectivity index is 2.27. The van der Waals surface area contributed by atoms with Gasteiger partial charge in [0.25, 0.3) is 5.91 Å². The molecule has 0 heterocycles. The van der Waals surface area contributed by atoms with Gasteiger partial charge in [0.1, 0.15) is 0 Å². The molecule has 1 saturated carbocycles. The lowest BCUT2D eigenvalue weighted by Gasteiger charge is -2.28. The minimum atomic E-state index is -0.490. The van der Waals surface area contributed by atoms with Crippen LogP contribution in [-0.4, -0.2) is 11.4 Å². The van der Waals surface area contributed by atoms with Gasteiger partial charge in [0.2, 0.25) is 0 Å². The number of benzene rings is 1. The fraction of sp³-hybridized carbons (Fsp3) is 0.462. The van der Waals surface area contributed by atoms with Gasteiger partial charge in [-0.3, -0.25) is 4.79 Å². The molecular weight excluding hydrogens is 214 g/mol. The van der Waals surface area contributed by atoms with Gasteiger partial charge >= 0.3 is 0 Å². The number of nitrogens with one attached hydrogen (secondary N) is 1. The van der Waals surface area contributed by atoms with Crippen LogP contribution >= 0.6 is 0 Å². The Labute approximate surface area is 101 Å². The van der Waals surface area contributed by atoms with E-state index in [1.807, 2.05) is 6.07 Å². The lowest BCUT2D eigenvalue weighted by atomic mass is 9.97. The number of rotatable bonds is 4. The van der Waals surface area contributed by atoms with Crippen molar-refractivity contribution in [2.75, 3.05) is 11.1 Å². The normalized spacial score (nSPS) is 15.6. The zero-order valence-electron chi connectivity index (χ0n) is 10.3. The van der Waals surface area contributed by atoms with Crippen LogP contribution in [0.3, 0.4) is 0 Å². The number of nitrogens with two attached hydrogens (primary N) is 2. The van der Waals surface area contributed by atoms with Gasteiger partial charge in [-0.25, -0.2) is 0 Å². The fourth-order valence-corrected chi connectivity index (χ4v) is 2.14. The number of hydrogen-bond donors (Lipinski definition) is 3. The van der Waals surface area contributed by atoms with Crippen LogP contribution in [0.5, 0.6) is 0 Å². The molecule has 4 nitrogen and oxygen atoms in total. The summed E-state index contributed by atoms with van der Waals surface area (Å²) in [5, 5.41) is 3.41. The minimum Gasteiger partial charge on any atom is -0.396 e. The van der Waals surface area contributed by atoms with E-state index in [0.717, 1.165) is 5.69 Å². The Morgan fingerprint density at radius 3 is 2.59 bits per heavy atom. The quantitative estimate of drug-likeness (QED) is 0.695. The molecule has 0 saturated heterocycles. The summed E-state index contributed by atoms with van der Waals surface area (Å²) in [4.78, 5) is 11.2. The molecule has 5 N–H and O–H groups in total. The Morgan fingerprint density at radius 1 is 1.41 bits per heavy atom. The van der Waals surface area contributed by atoms with E-state index in [2.05, 4.69) is 19.2 Å². The smallest absolute Gasteiger partial charge is 0.250 e. The number of nitrogen functional groups attached to an aromatic ring is 1. The first-order valence-corrected chi connectivity index (χ1v) is 5.88. The summed E-state index contributed by atoms with van der Waals surface area (Å²) in [7, 11) is 0. The summed E-state index contributed by atoms with van der Waals surface area (Å²) < 4.78 is 0. The van der Waals surface area contributed by atoms with Crippen LogP contribution in [0.15, 0.2) is 18.2 Å². The minimum absolute atomic E-state index is 0.00435. The standard InChI is InChI=1S/C13H19N3O/c1-13(2,8-6-7-8)16-10-5-3-4-9(11(10)14)12(15)17/h3-5,8,16H,6-7,14H2,1-2H3,(H2,15,17). The molecule has 1 aliphatic rings.